The SMILES string of the molecule is S=C=Nc1ccc(C(c2ccc(N=C=S)cc2)C2CCCCC2)cc1. The summed E-state index contributed by atoms with van der Waals surface area (Å²) in [7, 11) is 0. The maximum Gasteiger partial charge on any atom is 0.0739 e. The second-order valence-electron chi connectivity index (χ2n) is 6.47. The van der Waals surface area contributed by atoms with Crippen LogP contribution in [0.5, 0.6) is 0 Å². The maximum absolute atomic E-state index is 4.69. The van der Waals surface area contributed by atoms with Crippen LogP contribution in [0.15, 0.2) is 58.5 Å². The highest BCUT2D eigenvalue weighted by Gasteiger charge is 2.26. The van der Waals surface area contributed by atoms with Gasteiger partial charge in [-0.15, -0.1) is 0 Å². The normalized spacial score (nSPS) is 15.7. The van der Waals surface area contributed by atoms with E-state index in [0.29, 0.717) is 11.8 Å². The first kappa shape index (κ1) is 17.8. The Morgan fingerprint density at radius 3 is 1.56 bits per heavy atom. The van der Waals surface area contributed by atoms with Crippen molar-refractivity contribution in [3.63, 3.8) is 0 Å². The van der Waals surface area contributed by atoms with Gasteiger partial charge in [-0.25, -0.2) is 0 Å². The Morgan fingerprint density at radius 1 is 0.720 bits per heavy atom. The molecule has 4 heteroatoms. The highest BCUT2D eigenvalue weighted by molar-refractivity contribution is 7.78. The molecule has 2 aromatic carbocycles. The van der Waals surface area contributed by atoms with Gasteiger partial charge in [0.15, 0.2) is 0 Å². The number of nitrogens with zero attached hydrogens (tertiary/aromatic N) is 2. The minimum absolute atomic E-state index is 0.399. The first-order valence-electron chi connectivity index (χ1n) is 8.67. The Hall–Kier alpha value is -1.96. The molecule has 126 valence electrons. The summed E-state index contributed by atoms with van der Waals surface area (Å²) in [6, 6.07) is 16.8. The van der Waals surface area contributed by atoms with E-state index in [0.717, 1.165) is 11.4 Å². The Labute approximate surface area is 159 Å². The lowest BCUT2D eigenvalue weighted by atomic mass is 9.73. The van der Waals surface area contributed by atoms with E-state index in [-0.39, 0.29) is 0 Å². The quantitative estimate of drug-likeness (QED) is 0.427. The van der Waals surface area contributed by atoms with Crippen molar-refractivity contribution in [3.05, 3.63) is 59.7 Å². The van der Waals surface area contributed by atoms with E-state index in [1.54, 1.807) is 0 Å². The van der Waals surface area contributed by atoms with Crippen molar-refractivity contribution in [2.75, 3.05) is 0 Å². The van der Waals surface area contributed by atoms with E-state index in [2.05, 4.69) is 44.6 Å². The van der Waals surface area contributed by atoms with E-state index in [4.69, 9.17) is 24.4 Å². The first-order valence-corrected chi connectivity index (χ1v) is 9.49. The van der Waals surface area contributed by atoms with Crippen LogP contribution in [0.3, 0.4) is 0 Å². The fourth-order valence-corrected chi connectivity index (χ4v) is 4.03. The molecule has 0 heterocycles. The fraction of sp³-hybridized carbons (Fsp3) is 0.333. The van der Waals surface area contributed by atoms with Crippen molar-refractivity contribution >= 4 is 46.1 Å². The van der Waals surface area contributed by atoms with Gasteiger partial charge in [0, 0.05) is 5.92 Å². The van der Waals surface area contributed by atoms with Gasteiger partial charge < -0.3 is 0 Å². The second kappa shape index (κ2) is 8.94. The third kappa shape index (κ3) is 4.56. The number of aliphatic imine (C=N–C) groups is 2. The predicted molar refractivity (Wildman–Crippen MR) is 111 cm³/mol. The Kier molecular flexibility index (Phi) is 6.38. The van der Waals surface area contributed by atoms with Gasteiger partial charge in [0.25, 0.3) is 0 Å². The molecule has 0 unspecified atom stereocenters. The van der Waals surface area contributed by atoms with Crippen molar-refractivity contribution in [1.82, 2.24) is 0 Å². The van der Waals surface area contributed by atoms with Crippen LogP contribution in [0.2, 0.25) is 0 Å². The van der Waals surface area contributed by atoms with Crippen molar-refractivity contribution < 1.29 is 0 Å². The summed E-state index contributed by atoms with van der Waals surface area (Å²) < 4.78 is 0. The van der Waals surface area contributed by atoms with Crippen LogP contribution < -0.4 is 0 Å². The highest BCUT2D eigenvalue weighted by Crippen LogP contribution is 2.41. The van der Waals surface area contributed by atoms with Crippen LogP contribution in [0, 0.1) is 5.92 Å². The molecular formula is C21H20N2S2. The number of benzene rings is 2. The van der Waals surface area contributed by atoms with Crippen LogP contribution in [0.4, 0.5) is 11.4 Å². The molecule has 1 saturated carbocycles. The summed E-state index contributed by atoms with van der Waals surface area (Å²) in [6.07, 6.45) is 6.56. The zero-order chi connectivity index (χ0) is 17.5. The van der Waals surface area contributed by atoms with Crippen LogP contribution in [-0.4, -0.2) is 10.3 Å². The number of thiocarbonyl (C=S) groups is 2. The predicted octanol–water partition coefficient (Wildman–Crippen LogP) is 6.87. The molecule has 0 spiro atoms. The third-order valence-corrected chi connectivity index (χ3v) is 5.16. The zero-order valence-corrected chi connectivity index (χ0v) is 15.7. The first-order chi connectivity index (χ1) is 12.3. The summed E-state index contributed by atoms with van der Waals surface area (Å²) in [4.78, 5) is 8.12. The zero-order valence-electron chi connectivity index (χ0n) is 14.0. The van der Waals surface area contributed by atoms with Crippen LogP contribution in [0.1, 0.15) is 49.1 Å². The van der Waals surface area contributed by atoms with Crippen LogP contribution in [-0.2, 0) is 0 Å². The highest BCUT2D eigenvalue weighted by atomic mass is 32.1. The fourth-order valence-electron chi connectivity index (χ4n) is 3.82. The van der Waals surface area contributed by atoms with Crippen molar-refractivity contribution in [2.45, 2.75) is 38.0 Å². The largest absolute Gasteiger partial charge is 0.195 e. The molecule has 3 rings (SSSR count). The Balaban J connectivity index is 1.96. The molecule has 0 atom stereocenters. The van der Waals surface area contributed by atoms with Crippen LogP contribution in [0.25, 0.3) is 0 Å². The second-order valence-corrected chi connectivity index (χ2v) is 6.83. The number of rotatable bonds is 5. The third-order valence-electron chi connectivity index (χ3n) is 4.98. The minimum atomic E-state index is 0.399. The number of hydrogen-bond donors (Lipinski definition) is 0. The van der Waals surface area contributed by atoms with Gasteiger partial charge in [-0.1, -0.05) is 43.5 Å². The molecule has 2 aromatic rings. The summed E-state index contributed by atoms with van der Waals surface area (Å²) in [5, 5.41) is 4.86. The van der Waals surface area contributed by atoms with Gasteiger partial charge >= 0.3 is 0 Å². The average molecular weight is 365 g/mol. The molecule has 2 nitrogen and oxygen atoms in total. The lowest BCUT2D eigenvalue weighted by molar-refractivity contribution is 0.327. The van der Waals surface area contributed by atoms with E-state index >= 15 is 0 Å². The summed E-state index contributed by atoms with van der Waals surface area (Å²) in [5.41, 5.74) is 4.38. The molecule has 0 aromatic heterocycles. The van der Waals surface area contributed by atoms with Gasteiger partial charge in [0.05, 0.1) is 21.7 Å². The summed E-state index contributed by atoms with van der Waals surface area (Å²) >= 11 is 9.39. The molecule has 25 heavy (non-hydrogen) atoms. The lowest BCUT2D eigenvalue weighted by Crippen LogP contribution is -2.17. The molecule has 1 aliphatic carbocycles. The molecule has 1 aliphatic rings. The molecule has 0 amide bonds. The molecule has 1 fully saturated rings. The van der Waals surface area contributed by atoms with E-state index in [9.17, 15) is 0 Å². The summed E-state index contributed by atoms with van der Waals surface area (Å²) in [5.74, 6) is 1.07. The topological polar surface area (TPSA) is 24.7 Å². The van der Waals surface area contributed by atoms with Crippen LogP contribution >= 0.6 is 24.4 Å². The molecule has 0 N–H and O–H groups in total. The van der Waals surface area contributed by atoms with Gasteiger partial charge in [0.1, 0.15) is 0 Å². The number of isothiocyanates is 2. The summed E-state index contributed by atoms with van der Waals surface area (Å²) in [6.45, 7) is 0. The van der Waals surface area contributed by atoms with E-state index < -0.39 is 0 Å². The van der Waals surface area contributed by atoms with Gasteiger partial charge in [-0.2, -0.15) is 9.98 Å². The maximum atomic E-state index is 4.69. The van der Waals surface area contributed by atoms with Gasteiger partial charge in [-0.05, 0) is 78.6 Å². The Morgan fingerprint density at radius 2 is 1.16 bits per heavy atom. The molecular weight excluding hydrogens is 344 g/mol. The van der Waals surface area contributed by atoms with Gasteiger partial charge in [0.2, 0.25) is 0 Å². The monoisotopic (exact) mass is 364 g/mol. The smallest absolute Gasteiger partial charge is 0.0739 e. The molecule has 0 saturated heterocycles. The van der Waals surface area contributed by atoms with E-state index in [1.807, 2.05) is 24.3 Å². The Bertz CT molecular complexity index is 731. The van der Waals surface area contributed by atoms with Crippen molar-refractivity contribution in [3.8, 4) is 0 Å². The molecule has 0 bridgehead atoms. The molecule has 0 aliphatic heterocycles. The van der Waals surface area contributed by atoms with Crippen molar-refractivity contribution in [1.29, 1.82) is 0 Å². The van der Waals surface area contributed by atoms with E-state index in [1.165, 1.54) is 43.2 Å². The van der Waals surface area contributed by atoms with Gasteiger partial charge in [-0.3, -0.25) is 0 Å². The molecule has 0 radical (unpaired) electrons. The number of hydrogen-bond acceptors (Lipinski definition) is 4. The average Bonchev–Trinajstić information content (AvgIpc) is 2.66. The van der Waals surface area contributed by atoms with Crippen molar-refractivity contribution in [2.24, 2.45) is 15.9 Å². The standard InChI is InChI=1S/C21H20N2S2/c24-14-22-19-10-6-17(7-11-19)21(16-4-2-1-3-5-16)18-8-12-20(13-9-18)23-15-25/h6-13,16,21H,1-5H2. The lowest BCUT2D eigenvalue weighted by Gasteiger charge is -2.31. The minimum Gasteiger partial charge on any atom is -0.195 e.